The maximum Gasteiger partial charge on any atom is 0.416 e. The molecule has 1 aliphatic heterocycles. The van der Waals surface area contributed by atoms with E-state index < -0.39 is 21.8 Å². The van der Waals surface area contributed by atoms with E-state index in [1.807, 2.05) is 23.6 Å². The van der Waals surface area contributed by atoms with Crippen LogP contribution in [0.15, 0.2) is 64.9 Å². The fraction of sp³-hybridized carbons (Fsp3) is 0.333. The summed E-state index contributed by atoms with van der Waals surface area (Å²) >= 11 is 1.50. The van der Waals surface area contributed by atoms with Crippen molar-refractivity contribution in [2.75, 3.05) is 61.8 Å². The molecule has 3 N–H and O–H groups in total. The Balaban J connectivity index is 1.16. The summed E-state index contributed by atoms with van der Waals surface area (Å²) in [4.78, 5) is 13.7. The fourth-order valence-electron chi connectivity index (χ4n) is 4.40. The van der Waals surface area contributed by atoms with Gasteiger partial charge in [-0.3, -0.25) is 0 Å². The van der Waals surface area contributed by atoms with Crippen molar-refractivity contribution in [1.82, 2.24) is 19.6 Å². The van der Waals surface area contributed by atoms with Crippen LogP contribution in [0.25, 0.3) is 10.2 Å². The van der Waals surface area contributed by atoms with Gasteiger partial charge in [-0.15, -0.1) is 11.3 Å². The van der Waals surface area contributed by atoms with E-state index in [4.69, 9.17) is 0 Å². The molecule has 0 atom stereocenters. The monoisotopic (exact) mass is 605 g/mol. The summed E-state index contributed by atoms with van der Waals surface area (Å²) in [6, 6.07) is 13.5. The Hall–Kier alpha value is -3.46. The lowest BCUT2D eigenvalue weighted by Crippen LogP contribution is -2.44. The van der Waals surface area contributed by atoms with Crippen LogP contribution >= 0.6 is 11.3 Å². The number of fused-ring (bicyclic) bond motifs is 1. The minimum atomic E-state index is -4.53. The Morgan fingerprint density at radius 2 is 1.63 bits per heavy atom. The van der Waals surface area contributed by atoms with Crippen LogP contribution in [-0.4, -0.2) is 69.6 Å². The van der Waals surface area contributed by atoms with Gasteiger partial charge in [-0.1, -0.05) is 0 Å². The summed E-state index contributed by atoms with van der Waals surface area (Å²) in [7, 11) is -1.80. The largest absolute Gasteiger partial charge is 0.416 e. The van der Waals surface area contributed by atoms with Gasteiger partial charge < -0.3 is 20.4 Å². The Morgan fingerprint density at radius 3 is 2.32 bits per heavy atom. The number of hydrogen-bond donors (Lipinski definition) is 3. The number of benzene rings is 2. The van der Waals surface area contributed by atoms with Crippen LogP contribution in [0, 0.1) is 0 Å². The average molecular weight is 606 g/mol. The molecule has 2 aromatic heterocycles. The fourth-order valence-corrected chi connectivity index (χ4v) is 6.27. The van der Waals surface area contributed by atoms with Crippen LogP contribution in [0.5, 0.6) is 0 Å². The van der Waals surface area contributed by atoms with Gasteiger partial charge in [0.15, 0.2) is 0 Å². The Labute approximate surface area is 240 Å². The highest BCUT2D eigenvalue weighted by Crippen LogP contribution is 2.30. The van der Waals surface area contributed by atoms with E-state index in [0.29, 0.717) is 24.7 Å². The maximum absolute atomic E-state index is 12.8. The molecule has 1 fully saturated rings. The molecule has 14 heteroatoms. The average Bonchev–Trinajstić information content (AvgIpc) is 3.42. The second-order valence-corrected chi connectivity index (χ2v) is 12.4. The van der Waals surface area contributed by atoms with Crippen molar-refractivity contribution in [2.45, 2.75) is 17.5 Å². The van der Waals surface area contributed by atoms with E-state index >= 15 is 0 Å². The number of piperazine rings is 1. The zero-order valence-corrected chi connectivity index (χ0v) is 23.9. The molecule has 4 aromatic rings. The highest BCUT2D eigenvalue weighted by molar-refractivity contribution is 7.89. The van der Waals surface area contributed by atoms with Gasteiger partial charge in [0.2, 0.25) is 16.0 Å². The summed E-state index contributed by atoms with van der Waals surface area (Å²) in [5.41, 5.74) is 1.92. The molecule has 0 spiro atoms. The lowest BCUT2D eigenvalue weighted by Gasteiger charge is -2.34. The van der Waals surface area contributed by atoms with Gasteiger partial charge in [-0.05, 0) is 73.4 Å². The van der Waals surface area contributed by atoms with Crippen molar-refractivity contribution in [1.29, 1.82) is 0 Å². The Bertz CT molecular complexity index is 1570. The van der Waals surface area contributed by atoms with Crippen molar-refractivity contribution in [3.63, 3.8) is 0 Å². The summed E-state index contributed by atoms with van der Waals surface area (Å²) in [5.74, 6) is 1.07. The molecule has 0 aliphatic carbocycles. The smallest absolute Gasteiger partial charge is 0.369 e. The number of nitrogens with zero attached hydrogens (tertiary/aromatic N) is 4. The SMILES string of the molecule is CN1CCN(c2ccc(Nc3nc(NCCCNS(=O)(=O)c4ccc(C(F)(F)F)cc4)c4sccc4n3)cc2)CC1. The number of likely N-dealkylation sites (N-methyl/N-ethyl adjacent to an activating group) is 1. The summed E-state index contributed by atoms with van der Waals surface area (Å²) < 4.78 is 66.5. The van der Waals surface area contributed by atoms with Gasteiger partial charge in [0.25, 0.3) is 0 Å². The lowest BCUT2D eigenvalue weighted by molar-refractivity contribution is -0.137. The zero-order chi connectivity index (χ0) is 29.0. The molecular formula is C27H30F3N7O2S2. The number of halogens is 3. The summed E-state index contributed by atoms with van der Waals surface area (Å²) in [5, 5.41) is 8.45. The van der Waals surface area contributed by atoms with E-state index in [1.54, 1.807) is 0 Å². The second-order valence-electron chi connectivity index (χ2n) is 9.69. The third-order valence-electron chi connectivity index (χ3n) is 6.73. The number of hydrogen-bond acceptors (Lipinski definition) is 9. The molecule has 41 heavy (non-hydrogen) atoms. The summed E-state index contributed by atoms with van der Waals surface area (Å²) in [6.45, 7) is 4.57. The van der Waals surface area contributed by atoms with Gasteiger partial charge >= 0.3 is 6.18 Å². The molecule has 3 heterocycles. The standard InChI is InChI=1S/C27H30F3N7O2S2/c1-36-14-16-37(17-15-36)21-7-5-20(6-8-21)33-26-34-23-11-18-40-24(23)25(35-26)31-12-2-13-32-41(38,39)22-9-3-19(4-10-22)27(28,29)30/h3-11,18,32H,2,12-17H2,1H3,(H2,31,33,34,35). The van der Waals surface area contributed by atoms with Gasteiger partial charge in [0, 0.05) is 50.6 Å². The minimum Gasteiger partial charge on any atom is -0.369 e. The molecule has 9 nitrogen and oxygen atoms in total. The van der Waals surface area contributed by atoms with Crippen molar-refractivity contribution in [3.8, 4) is 0 Å². The minimum absolute atomic E-state index is 0.0970. The molecule has 0 bridgehead atoms. The first-order chi connectivity index (χ1) is 19.6. The molecule has 0 saturated carbocycles. The second kappa shape index (κ2) is 12.2. The van der Waals surface area contributed by atoms with Gasteiger partial charge in [0.1, 0.15) is 5.82 Å². The van der Waals surface area contributed by atoms with Crippen LogP contribution in [0.3, 0.4) is 0 Å². The van der Waals surface area contributed by atoms with Crippen molar-refractivity contribution >= 4 is 54.7 Å². The number of aromatic nitrogens is 2. The highest BCUT2D eigenvalue weighted by Gasteiger charge is 2.30. The van der Waals surface area contributed by atoms with Crippen molar-refractivity contribution in [2.24, 2.45) is 0 Å². The zero-order valence-electron chi connectivity index (χ0n) is 22.3. The molecular weight excluding hydrogens is 575 g/mol. The van der Waals surface area contributed by atoms with Gasteiger partial charge in [0.05, 0.1) is 20.7 Å². The molecule has 218 valence electrons. The van der Waals surface area contributed by atoms with Crippen molar-refractivity contribution < 1.29 is 21.6 Å². The van der Waals surface area contributed by atoms with Crippen LogP contribution in [0.2, 0.25) is 0 Å². The van der Waals surface area contributed by atoms with Crippen LogP contribution < -0.4 is 20.3 Å². The van der Waals surface area contributed by atoms with Crippen LogP contribution in [0.4, 0.5) is 36.3 Å². The van der Waals surface area contributed by atoms with Gasteiger partial charge in [-0.25, -0.2) is 18.1 Å². The lowest BCUT2D eigenvalue weighted by atomic mass is 10.2. The molecule has 0 amide bonds. The molecule has 0 unspecified atom stereocenters. The molecule has 2 aromatic carbocycles. The predicted molar refractivity (Wildman–Crippen MR) is 157 cm³/mol. The van der Waals surface area contributed by atoms with E-state index in [-0.39, 0.29) is 11.4 Å². The number of sulfonamides is 1. The normalized spacial score (nSPS) is 14.9. The number of thiophene rings is 1. The highest BCUT2D eigenvalue weighted by atomic mass is 32.2. The van der Waals surface area contributed by atoms with Crippen LogP contribution in [0.1, 0.15) is 12.0 Å². The van der Waals surface area contributed by atoms with E-state index in [9.17, 15) is 21.6 Å². The first kappa shape index (κ1) is 29.0. The summed E-state index contributed by atoms with van der Waals surface area (Å²) in [6.07, 6.45) is -4.10. The Kier molecular flexibility index (Phi) is 8.63. The Morgan fingerprint density at radius 1 is 0.927 bits per heavy atom. The van der Waals surface area contributed by atoms with Crippen molar-refractivity contribution in [3.05, 3.63) is 65.5 Å². The van der Waals surface area contributed by atoms with E-state index in [2.05, 4.69) is 54.3 Å². The number of alkyl halides is 3. The molecule has 0 radical (unpaired) electrons. The third-order valence-corrected chi connectivity index (χ3v) is 9.11. The first-order valence-electron chi connectivity index (χ1n) is 13.1. The van der Waals surface area contributed by atoms with Gasteiger partial charge in [-0.2, -0.15) is 18.2 Å². The van der Waals surface area contributed by atoms with Crippen LogP contribution in [-0.2, 0) is 16.2 Å². The third kappa shape index (κ3) is 7.25. The quantitative estimate of drug-likeness (QED) is 0.218. The first-order valence-corrected chi connectivity index (χ1v) is 15.4. The topological polar surface area (TPSA) is 102 Å². The molecule has 5 rings (SSSR count). The molecule has 1 saturated heterocycles. The number of rotatable bonds is 10. The molecule has 1 aliphatic rings. The number of anilines is 4. The van der Waals surface area contributed by atoms with E-state index in [0.717, 1.165) is 66.3 Å². The predicted octanol–water partition coefficient (Wildman–Crippen LogP) is 4.99. The number of nitrogens with one attached hydrogen (secondary N) is 3. The van der Waals surface area contributed by atoms with E-state index in [1.165, 1.54) is 17.0 Å². The maximum atomic E-state index is 12.8.